The van der Waals surface area contributed by atoms with Crippen molar-refractivity contribution in [3.63, 3.8) is 0 Å². The summed E-state index contributed by atoms with van der Waals surface area (Å²) in [5.41, 5.74) is 11.3. The minimum absolute atomic E-state index is 0.593. The molecule has 230 valence electrons. The molecular weight excluding hydrogens is 599 g/mol. The third kappa shape index (κ3) is 5.45. The van der Waals surface area contributed by atoms with Crippen LogP contribution in [0.15, 0.2) is 180 Å². The first-order valence-electron chi connectivity index (χ1n) is 16.4. The minimum Gasteiger partial charge on any atom is -0.456 e. The van der Waals surface area contributed by atoms with Gasteiger partial charge in [-0.15, -0.1) is 0 Å². The number of hydrogen-bond acceptors (Lipinski definition) is 4. The number of benzene rings is 7. The Morgan fingerprint density at radius 3 is 1.31 bits per heavy atom. The van der Waals surface area contributed by atoms with Gasteiger partial charge in [0.05, 0.1) is 0 Å². The summed E-state index contributed by atoms with van der Waals surface area (Å²) in [6, 6.07) is 60.5. The highest BCUT2D eigenvalue weighted by molar-refractivity contribution is 6.13. The molecule has 4 heteroatoms. The molecule has 2 aromatic heterocycles. The smallest absolute Gasteiger partial charge is 0.164 e. The summed E-state index contributed by atoms with van der Waals surface area (Å²) in [5, 5.41) is 2.15. The maximum Gasteiger partial charge on any atom is 0.164 e. The lowest BCUT2D eigenvalue weighted by atomic mass is 9.96. The molecule has 0 atom stereocenters. The van der Waals surface area contributed by atoms with E-state index >= 15 is 0 Å². The Kier molecular flexibility index (Phi) is 7.10. The zero-order valence-corrected chi connectivity index (χ0v) is 26.5. The molecule has 0 aliphatic heterocycles. The van der Waals surface area contributed by atoms with Crippen LogP contribution in [0.5, 0.6) is 0 Å². The van der Waals surface area contributed by atoms with Crippen LogP contribution in [0.25, 0.3) is 89.5 Å². The van der Waals surface area contributed by atoms with Gasteiger partial charge in [-0.25, -0.2) is 15.0 Å². The van der Waals surface area contributed by atoms with Gasteiger partial charge >= 0.3 is 0 Å². The molecule has 9 rings (SSSR count). The van der Waals surface area contributed by atoms with Crippen LogP contribution in [0.4, 0.5) is 0 Å². The number of fused-ring (bicyclic) bond motifs is 3. The molecule has 9 aromatic rings. The number of nitrogens with zero attached hydrogens (tertiary/aromatic N) is 3. The van der Waals surface area contributed by atoms with Crippen LogP contribution >= 0.6 is 0 Å². The first-order valence-corrected chi connectivity index (χ1v) is 16.4. The first kappa shape index (κ1) is 28.6. The number of furan rings is 1. The van der Waals surface area contributed by atoms with Gasteiger partial charge in [0.1, 0.15) is 11.2 Å². The van der Waals surface area contributed by atoms with Gasteiger partial charge in [0.15, 0.2) is 17.5 Å². The van der Waals surface area contributed by atoms with Crippen LogP contribution in [0.1, 0.15) is 0 Å². The van der Waals surface area contributed by atoms with Crippen molar-refractivity contribution in [3.8, 4) is 67.5 Å². The van der Waals surface area contributed by atoms with E-state index < -0.39 is 0 Å². The highest BCUT2D eigenvalue weighted by Crippen LogP contribution is 2.39. The second-order valence-corrected chi connectivity index (χ2v) is 12.1. The van der Waals surface area contributed by atoms with Gasteiger partial charge < -0.3 is 4.42 Å². The molecular formula is C45H29N3O. The first-order chi connectivity index (χ1) is 24.3. The lowest BCUT2D eigenvalue weighted by molar-refractivity contribution is 0.669. The second kappa shape index (κ2) is 12.2. The van der Waals surface area contributed by atoms with Crippen molar-refractivity contribution in [3.05, 3.63) is 176 Å². The van der Waals surface area contributed by atoms with E-state index in [0.29, 0.717) is 17.5 Å². The van der Waals surface area contributed by atoms with E-state index in [9.17, 15) is 0 Å². The quantitative estimate of drug-likeness (QED) is 0.184. The van der Waals surface area contributed by atoms with Crippen molar-refractivity contribution in [2.45, 2.75) is 0 Å². The fourth-order valence-electron chi connectivity index (χ4n) is 6.47. The zero-order chi connectivity index (χ0) is 32.6. The zero-order valence-electron chi connectivity index (χ0n) is 26.5. The van der Waals surface area contributed by atoms with E-state index in [0.717, 1.165) is 55.3 Å². The second-order valence-electron chi connectivity index (χ2n) is 12.1. The van der Waals surface area contributed by atoms with E-state index in [1.807, 2.05) is 54.6 Å². The Hall–Kier alpha value is -6.65. The SMILES string of the molecule is c1ccc(-c2ccc(-c3nc(-c4ccccc4)nc(-c4ccc5c(c4)oc4cccc(-c6ccc(-c7ccccc7)cc6)c45)n3)cc2)cc1. The minimum atomic E-state index is 0.593. The Balaban J connectivity index is 1.13. The molecule has 0 unspecified atom stereocenters. The topological polar surface area (TPSA) is 51.8 Å². The van der Waals surface area contributed by atoms with E-state index in [4.69, 9.17) is 19.4 Å². The van der Waals surface area contributed by atoms with E-state index in [1.54, 1.807) is 0 Å². The van der Waals surface area contributed by atoms with Crippen molar-refractivity contribution in [1.82, 2.24) is 15.0 Å². The van der Waals surface area contributed by atoms with Gasteiger partial charge in [0.2, 0.25) is 0 Å². The predicted octanol–water partition coefficient (Wildman–Crippen LogP) is 11.8. The standard InChI is InChI=1S/C45H29N3O/c1-4-11-30(12-5-1)32-19-23-34(24-20-32)38-17-10-18-40-42(38)39-28-27-37(29-41(39)49-40)45-47-43(35-15-8-3-9-16-35)46-44(48-45)36-25-21-33(22-26-36)31-13-6-2-7-14-31/h1-29H. The molecule has 2 heterocycles. The predicted molar refractivity (Wildman–Crippen MR) is 200 cm³/mol. The van der Waals surface area contributed by atoms with Gasteiger partial charge in [-0.3, -0.25) is 0 Å². The van der Waals surface area contributed by atoms with Crippen molar-refractivity contribution < 1.29 is 4.42 Å². The van der Waals surface area contributed by atoms with E-state index in [-0.39, 0.29) is 0 Å². The summed E-state index contributed by atoms with van der Waals surface area (Å²) in [6.45, 7) is 0. The van der Waals surface area contributed by atoms with Gasteiger partial charge in [-0.2, -0.15) is 0 Å². The molecule has 0 fully saturated rings. The summed E-state index contributed by atoms with van der Waals surface area (Å²) >= 11 is 0. The molecule has 0 amide bonds. The van der Waals surface area contributed by atoms with Crippen LogP contribution in [-0.4, -0.2) is 15.0 Å². The summed E-state index contributed by atoms with van der Waals surface area (Å²) in [5.74, 6) is 1.84. The molecule has 0 aliphatic rings. The highest BCUT2D eigenvalue weighted by atomic mass is 16.3. The number of rotatable bonds is 6. The Morgan fingerprint density at radius 1 is 0.306 bits per heavy atom. The average Bonchev–Trinajstić information content (AvgIpc) is 3.57. The third-order valence-electron chi connectivity index (χ3n) is 8.98. The lowest BCUT2D eigenvalue weighted by Gasteiger charge is -2.09. The third-order valence-corrected chi connectivity index (χ3v) is 8.98. The molecule has 7 aromatic carbocycles. The largest absolute Gasteiger partial charge is 0.456 e. The fourth-order valence-corrected chi connectivity index (χ4v) is 6.47. The van der Waals surface area contributed by atoms with Crippen molar-refractivity contribution in [2.24, 2.45) is 0 Å². The Bertz CT molecular complexity index is 2560. The summed E-state index contributed by atoms with van der Waals surface area (Å²) in [6.07, 6.45) is 0. The fraction of sp³-hybridized carbons (Fsp3) is 0. The Labute approximate surface area is 284 Å². The van der Waals surface area contributed by atoms with Crippen LogP contribution in [0, 0.1) is 0 Å². The molecule has 0 bridgehead atoms. The Morgan fingerprint density at radius 2 is 0.735 bits per heavy atom. The van der Waals surface area contributed by atoms with Crippen LogP contribution < -0.4 is 0 Å². The molecule has 0 radical (unpaired) electrons. The van der Waals surface area contributed by atoms with Crippen molar-refractivity contribution in [2.75, 3.05) is 0 Å². The lowest BCUT2D eigenvalue weighted by Crippen LogP contribution is -2.00. The number of hydrogen-bond donors (Lipinski definition) is 0. The summed E-state index contributed by atoms with van der Waals surface area (Å²) < 4.78 is 6.48. The maximum absolute atomic E-state index is 6.48. The van der Waals surface area contributed by atoms with E-state index in [2.05, 4.69) is 121 Å². The summed E-state index contributed by atoms with van der Waals surface area (Å²) in [4.78, 5) is 14.9. The van der Waals surface area contributed by atoms with Crippen molar-refractivity contribution in [1.29, 1.82) is 0 Å². The van der Waals surface area contributed by atoms with Gasteiger partial charge in [0.25, 0.3) is 0 Å². The molecule has 0 saturated carbocycles. The van der Waals surface area contributed by atoms with E-state index in [1.165, 1.54) is 16.7 Å². The molecule has 0 N–H and O–H groups in total. The van der Waals surface area contributed by atoms with Crippen LogP contribution in [0.2, 0.25) is 0 Å². The monoisotopic (exact) mass is 627 g/mol. The molecule has 49 heavy (non-hydrogen) atoms. The van der Waals surface area contributed by atoms with Gasteiger partial charge in [-0.1, -0.05) is 158 Å². The number of aromatic nitrogens is 3. The van der Waals surface area contributed by atoms with Gasteiger partial charge in [0, 0.05) is 27.5 Å². The molecule has 0 aliphatic carbocycles. The average molecular weight is 628 g/mol. The highest BCUT2D eigenvalue weighted by Gasteiger charge is 2.17. The molecule has 4 nitrogen and oxygen atoms in total. The van der Waals surface area contributed by atoms with Crippen LogP contribution in [0.3, 0.4) is 0 Å². The van der Waals surface area contributed by atoms with Gasteiger partial charge in [-0.05, 0) is 51.6 Å². The van der Waals surface area contributed by atoms with Crippen molar-refractivity contribution >= 4 is 21.9 Å². The van der Waals surface area contributed by atoms with Crippen LogP contribution in [-0.2, 0) is 0 Å². The summed E-state index contributed by atoms with van der Waals surface area (Å²) in [7, 11) is 0. The molecule has 0 saturated heterocycles. The normalized spacial score (nSPS) is 11.3. The maximum atomic E-state index is 6.48. The molecule has 0 spiro atoms.